The second kappa shape index (κ2) is 10.9. The average Bonchev–Trinajstić information content (AvgIpc) is 3.33. The van der Waals surface area contributed by atoms with Gasteiger partial charge in [0.2, 0.25) is 15.9 Å². The quantitative estimate of drug-likeness (QED) is 0.450. The number of ether oxygens (including phenoxy) is 1. The van der Waals surface area contributed by atoms with Crippen LogP contribution < -0.4 is 10.0 Å². The fraction of sp³-hybridized carbons (Fsp3) is 0.375. The number of amides is 1. The summed E-state index contributed by atoms with van der Waals surface area (Å²) in [5.41, 5.74) is 0.386. The van der Waals surface area contributed by atoms with Gasteiger partial charge in [0, 0.05) is 18.3 Å². The number of halogens is 2. The van der Waals surface area contributed by atoms with Crippen molar-refractivity contribution in [1.29, 1.82) is 0 Å². The number of carbonyl (C=O) groups is 2. The number of amidine groups is 1. The highest BCUT2D eigenvalue weighted by Gasteiger charge is 2.40. The summed E-state index contributed by atoms with van der Waals surface area (Å²) in [4.78, 5) is 27.0. The van der Waals surface area contributed by atoms with Crippen molar-refractivity contribution in [3.05, 3.63) is 53.6 Å². The summed E-state index contributed by atoms with van der Waals surface area (Å²) in [7, 11) is -6.72. The lowest BCUT2D eigenvalue weighted by Crippen LogP contribution is -2.45. The number of methoxy groups -OCH3 is 1. The van der Waals surface area contributed by atoms with E-state index in [9.17, 15) is 35.2 Å². The van der Waals surface area contributed by atoms with Gasteiger partial charge in [-0.05, 0) is 48.7 Å². The van der Waals surface area contributed by atoms with E-state index in [4.69, 9.17) is 4.74 Å². The summed E-state index contributed by atoms with van der Waals surface area (Å²) in [6.07, 6.45) is 1.95. The first-order valence-electron chi connectivity index (χ1n) is 11.8. The van der Waals surface area contributed by atoms with Gasteiger partial charge in [-0.3, -0.25) is 14.3 Å². The van der Waals surface area contributed by atoms with E-state index in [1.807, 2.05) is 0 Å². The van der Waals surface area contributed by atoms with Gasteiger partial charge in [0.15, 0.2) is 11.6 Å². The number of sulfonamides is 2. The number of hydrogen-bond acceptors (Lipinski definition) is 8. The summed E-state index contributed by atoms with van der Waals surface area (Å²) in [5, 5.41) is 2.79. The molecule has 0 saturated heterocycles. The van der Waals surface area contributed by atoms with E-state index in [1.54, 1.807) is 0 Å². The molecule has 1 saturated carbocycles. The molecule has 0 unspecified atom stereocenters. The lowest BCUT2D eigenvalue weighted by Gasteiger charge is -2.33. The minimum atomic E-state index is -4.30. The Morgan fingerprint density at radius 3 is 2.56 bits per heavy atom. The molecule has 15 heteroatoms. The minimum Gasteiger partial charge on any atom is -0.469 e. The van der Waals surface area contributed by atoms with Gasteiger partial charge in [-0.2, -0.15) is 8.42 Å². The number of nitrogens with one attached hydrogen (secondary N) is 2. The summed E-state index contributed by atoms with van der Waals surface area (Å²) in [5.74, 6) is -4.09. The zero-order chi connectivity index (χ0) is 28.5. The van der Waals surface area contributed by atoms with E-state index in [0.29, 0.717) is 19.3 Å². The van der Waals surface area contributed by atoms with Gasteiger partial charge in [-0.15, -0.1) is 4.40 Å². The molecule has 0 radical (unpaired) electrons. The third-order valence-corrected chi connectivity index (χ3v) is 8.39. The number of esters is 1. The summed E-state index contributed by atoms with van der Waals surface area (Å²) in [6.45, 7) is -0.161. The highest BCUT2D eigenvalue weighted by Crippen LogP contribution is 2.34. The lowest BCUT2D eigenvalue weighted by molar-refractivity contribution is -0.149. The van der Waals surface area contributed by atoms with Gasteiger partial charge >= 0.3 is 5.97 Å². The molecule has 4 rings (SSSR count). The van der Waals surface area contributed by atoms with Crippen molar-refractivity contribution in [1.82, 2.24) is 4.90 Å². The van der Waals surface area contributed by atoms with E-state index in [-0.39, 0.29) is 34.2 Å². The maximum atomic E-state index is 13.9. The molecule has 1 heterocycles. The van der Waals surface area contributed by atoms with Gasteiger partial charge in [-0.25, -0.2) is 17.2 Å². The number of rotatable bonds is 8. The number of fused-ring (bicyclic) bond motifs is 1. The molecule has 11 nitrogen and oxygen atoms in total. The Hall–Kier alpha value is -3.59. The molecule has 0 bridgehead atoms. The van der Waals surface area contributed by atoms with Gasteiger partial charge in [0.25, 0.3) is 10.0 Å². The maximum absolute atomic E-state index is 13.9. The Balaban J connectivity index is 1.62. The van der Waals surface area contributed by atoms with Crippen LogP contribution in [0.5, 0.6) is 0 Å². The van der Waals surface area contributed by atoms with Crippen LogP contribution in [0.3, 0.4) is 0 Å². The van der Waals surface area contributed by atoms with Crippen molar-refractivity contribution < 1.29 is 39.9 Å². The van der Waals surface area contributed by atoms with Crippen molar-refractivity contribution in [2.24, 2.45) is 10.3 Å². The lowest BCUT2D eigenvalue weighted by atomic mass is 10.0. The van der Waals surface area contributed by atoms with Crippen LogP contribution in [-0.4, -0.2) is 58.9 Å². The molecule has 1 aliphatic heterocycles. The van der Waals surface area contributed by atoms with Crippen LogP contribution in [0.4, 0.5) is 20.2 Å². The highest BCUT2D eigenvalue weighted by atomic mass is 32.2. The predicted octanol–water partition coefficient (Wildman–Crippen LogP) is 2.61. The van der Waals surface area contributed by atoms with Crippen LogP contribution in [0.25, 0.3) is 0 Å². The third-order valence-electron chi connectivity index (χ3n) is 6.43. The van der Waals surface area contributed by atoms with Crippen molar-refractivity contribution in [3.63, 3.8) is 0 Å². The van der Waals surface area contributed by atoms with Gasteiger partial charge in [0.05, 0.1) is 31.4 Å². The first kappa shape index (κ1) is 28.4. The normalized spacial score (nSPS) is 19.8. The molecule has 0 spiro atoms. The van der Waals surface area contributed by atoms with Crippen molar-refractivity contribution in [3.8, 4) is 0 Å². The second-order valence-electron chi connectivity index (χ2n) is 9.30. The fourth-order valence-corrected chi connectivity index (χ4v) is 6.50. The van der Waals surface area contributed by atoms with E-state index >= 15 is 0 Å². The number of benzene rings is 2. The molecule has 1 amide bonds. The fourth-order valence-electron chi connectivity index (χ4n) is 4.78. The maximum Gasteiger partial charge on any atom is 0.310 e. The first-order valence-corrected chi connectivity index (χ1v) is 15.1. The molecule has 2 aromatic rings. The molecule has 1 fully saturated rings. The van der Waals surface area contributed by atoms with Gasteiger partial charge in [-0.1, -0.05) is 12.5 Å². The average molecular weight is 585 g/mol. The smallest absolute Gasteiger partial charge is 0.310 e. The molecule has 2 aromatic carbocycles. The molecular weight excluding hydrogens is 558 g/mol. The van der Waals surface area contributed by atoms with E-state index in [2.05, 4.69) is 14.4 Å². The number of carbonyl (C=O) groups excluding carboxylic acids is 2. The molecule has 2 N–H and O–H groups in total. The highest BCUT2D eigenvalue weighted by molar-refractivity contribution is 7.92. The van der Waals surface area contributed by atoms with Crippen molar-refractivity contribution in [2.75, 3.05) is 23.4 Å². The topological polar surface area (TPSA) is 151 Å². The van der Waals surface area contributed by atoms with Gasteiger partial charge in [0.1, 0.15) is 10.7 Å². The molecule has 2 aliphatic rings. The van der Waals surface area contributed by atoms with E-state index in [1.165, 1.54) is 30.2 Å². The van der Waals surface area contributed by atoms with E-state index in [0.717, 1.165) is 24.5 Å². The van der Waals surface area contributed by atoms with Gasteiger partial charge < -0.3 is 15.0 Å². The Labute approximate surface area is 224 Å². The monoisotopic (exact) mass is 584 g/mol. The standard InChI is InChI=1S/C24H26F2N4O7S2/c1-37-24(32)16-4-3-5-20(16)30(13-14-6-8-17(25)18(26)10-14)23(31)12-22-27-19-9-7-15(28-38(2,33)34)11-21(19)39(35,36)29-22/h6-11,16,20,28H,3-5,12-13H2,1-2H3,(H,27,29)/t16-,20+/m1/s1. The van der Waals surface area contributed by atoms with Crippen LogP contribution >= 0.6 is 0 Å². The second-order valence-corrected chi connectivity index (χ2v) is 12.6. The summed E-state index contributed by atoms with van der Waals surface area (Å²) >= 11 is 0. The van der Waals surface area contributed by atoms with Crippen LogP contribution in [0.15, 0.2) is 45.7 Å². The van der Waals surface area contributed by atoms with Crippen LogP contribution in [0.1, 0.15) is 31.2 Å². The van der Waals surface area contributed by atoms with Crippen LogP contribution in [0.2, 0.25) is 0 Å². The largest absolute Gasteiger partial charge is 0.469 e. The zero-order valence-electron chi connectivity index (χ0n) is 21.0. The van der Waals surface area contributed by atoms with Crippen LogP contribution in [0, 0.1) is 17.6 Å². The first-order chi connectivity index (χ1) is 18.3. The zero-order valence-corrected chi connectivity index (χ0v) is 22.6. The summed E-state index contributed by atoms with van der Waals surface area (Å²) in [6, 6.07) is 6.39. The Morgan fingerprint density at radius 2 is 1.90 bits per heavy atom. The molecular formula is C24H26F2N4O7S2. The molecule has 0 aromatic heterocycles. The van der Waals surface area contributed by atoms with Crippen LogP contribution in [-0.2, 0) is 40.9 Å². The Bertz CT molecular complexity index is 1560. The SMILES string of the molecule is COC(=O)[C@@H]1CCC[C@@H]1N(Cc1ccc(F)c(F)c1)C(=O)CC1=NS(=O)(=O)c2cc(NS(C)(=O)=O)ccc2N1. The van der Waals surface area contributed by atoms with Crippen molar-refractivity contribution in [2.45, 2.75) is 43.2 Å². The molecule has 210 valence electrons. The molecule has 2 atom stereocenters. The number of hydrogen-bond donors (Lipinski definition) is 2. The number of anilines is 2. The number of nitrogens with zero attached hydrogens (tertiary/aromatic N) is 2. The predicted molar refractivity (Wildman–Crippen MR) is 138 cm³/mol. The summed E-state index contributed by atoms with van der Waals surface area (Å²) < 4.78 is 87.0. The Morgan fingerprint density at radius 1 is 1.15 bits per heavy atom. The molecule has 39 heavy (non-hydrogen) atoms. The van der Waals surface area contributed by atoms with Crippen molar-refractivity contribution >= 4 is 49.1 Å². The minimum absolute atomic E-state index is 0.0177. The van der Waals surface area contributed by atoms with E-state index < -0.39 is 61.9 Å². The Kier molecular flexibility index (Phi) is 7.93. The molecule has 1 aliphatic carbocycles. The third kappa shape index (κ3) is 6.53.